The minimum Gasteiger partial charge on any atom is -0.480 e. The Morgan fingerprint density at radius 2 is 1.89 bits per heavy atom. The van der Waals surface area contributed by atoms with Gasteiger partial charge in [-0.05, 0) is 25.8 Å². The van der Waals surface area contributed by atoms with Crippen LogP contribution in [0.15, 0.2) is 24.3 Å². The van der Waals surface area contributed by atoms with E-state index in [2.05, 4.69) is 5.32 Å². The molecule has 1 aromatic rings. The third-order valence-corrected chi connectivity index (χ3v) is 3.07. The van der Waals surface area contributed by atoms with E-state index < -0.39 is 18.1 Å². The van der Waals surface area contributed by atoms with Crippen molar-refractivity contribution in [3.8, 4) is 0 Å². The molecule has 0 radical (unpaired) electrons. The van der Waals surface area contributed by atoms with Gasteiger partial charge in [-0.1, -0.05) is 36.8 Å². The van der Waals surface area contributed by atoms with E-state index in [1.165, 1.54) is 0 Å². The summed E-state index contributed by atoms with van der Waals surface area (Å²) in [6.45, 7) is 5.48. The third kappa shape index (κ3) is 3.82. The third-order valence-electron chi connectivity index (χ3n) is 3.07. The first kappa shape index (κ1) is 14.7. The lowest BCUT2D eigenvalue weighted by Gasteiger charge is -2.25. The summed E-state index contributed by atoms with van der Waals surface area (Å²) < 4.78 is 0. The highest BCUT2D eigenvalue weighted by molar-refractivity contribution is 5.72. The Balaban J connectivity index is 2.75. The number of nitrogens with one attached hydrogen (secondary N) is 1. The van der Waals surface area contributed by atoms with E-state index in [1.54, 1.807) is 6.92 Å². The van der Waals surface area contributed by atoms with Crippen LogP contribution in [-0.2, 0) is 4.79 Å². The zero-order valence-corrected chi connectivity index (χ0v) is 11.1. The van der Waals surface area contributed by atoms with Crippen LogP contribution in [-0.4, -0.2) is 28.3 Å². The molecule has 0 aliphatic rings. The zero-order valence-electron chi connectivity index (χ0n) is 11.1. The van der Waals surface area contributed by atoms with Crippen molar-refractivity contribution in [2.75, 3.05) is 0 Å². The van der Waals surface area contributed by atoms with Crippen molar-refractivity contribution in [1.82, 2.24) is 5.32 Å². The average Bonchev–Trinajstić information content (AvgIpc) is 2.35. The molecule has 0 heterocycles. The SMILES string of the molecule is CCC(NC(C)C(=O)O)C(O)c1ccc(C)cc1. The summed E-state index contributed by atoms with van der Waals surface area (Å²) in [5, 5.41) is 22.0. The normalized spacial score (nSPS) is 16.0. The van der Waals surface area contributed by atoms with Gasteiger partial charge in [-0.3, -0.25) is 10.1 Å². The standard InChI is InChI=1S/C14H21NO3/c1-4-12(15-10(3)14(17)18)13(16)11-7-5-9(2)6-8-11/h5-8,10,12-13,15-16H,4H2,1-3H3,(H,17,18). The molecule has 3 atom stereocenters. The highest BCUT2D eigenvalue weighted by atomic mass is 16.4. The Morgan fingerprint density at radius 3 is 2.33 bits per heavy atom. The molecular formula is C14H21NO3. The van der Waals surface area contributed by atoms with E-state index in [4.69, 9.17) is 5.11 Å². The van der Waals surface area contributed by atoms with Gasteiger partial charge in [-0.25, -0.2) is 0 Å². The van der Waals surface area contributed by atoms with E-state index >= 15 is 0 Å². The van der Waals surface area contributed by atoms with Gasteiger partial charge in [0.1, 0.15) is 6.04 Å². The van der Waals surface area contributed by atoms with Crippen LogP contribution in [0.25, 0.3) is 0 Å². The van der Waals surface area contributed by atoms with Gasteiger partial charge in [0, 0.05) is 6.04 Å². The van der Waals surface area contributed by atoms with Gasteiger partial charge >= 0.3 is 5.97 Å². The number of hydrogen-bond acceptors (Lipinski definition) is 3. The molecule has 18 heavy (non-hydrogen) atoms. The van der Waals surface area contributed by atoms with Crippen molar-refractivity contribution in [2.45, 2.75) is 45.4 Å². The van der Waals surface area contributed by atoms with Crippen molar-refractivity contribution in [3.63, 3.8) is 0 Å². The monoisotopic (exact) mass is 251 g/mol. The van der Waals surface area contributed by atoms with E-state index in [0.29, 0.717) is 6.42 Å². The quantitative estimate of drug-likeness (QED) is 0.722. The fraction of sp³-hybridized carbons (Fsp3) is 0.500. The van der Waals surface area contributed by atoms with Crippen molar-refractivity contribution in [3.05, 3.63) is 35.4 Å². The number of rotatable bonds is 6. The lowest BCUT2D eigenvalue weighted by molar-refractivity contribution is -0.139. The summed E-state index contributed by atoms with van der Waals surface area (Å²) in [6.07, 6.45) is -0.0375. The number of benzene rings is 1. The van der Waals surface area contributed by atoms with Crippen LogP contribution >= 0.6 is 0 Å². The van der Waals surface area contributed by atoms with Crippen LogP contribution in [0.5, 0.6) is 0 Å². The number of aryl methyl sites for hydroxylation is 1. The lowest BCUT2D eigenvalue weighted by atomic mass is 9.98. The maximum absolute atomic E-state index is 10.8. The van der Waals surface area contributed by atoms with E-state index in [9.17, 15) is 9.90 Å². The first-order chi connectivity index (χ1) is 8.45. The molecule has 4 heteroatoms. The molecule has 0 fully saturated rings. The Morgan fingerprint density at radius 1 is 1.33 bits per heavy atom. The molecule has 3 N–H and O–H groups in total. The van der Waals surface area contributed by atoms with Crippen molar-refractivity contribution >= 4 is 5.97 Å². The number of hydrogen-bond donors (Lipinski definition) is 3. The topological polar surface area (TPSA) is 69.6 Å². The number of aliphatic hydroxyl groups excluding tert-OH is 1. The molecule has 1 rings (SSSR count). The maximum atomic E-state index is 10.8. The van der Waals surface area contributed by atoms with Gasteiger partial charge in [-0.2, -0.15) is 0 Å². The fourth-order valence-corrected chi connectivity index (χ4v) is 1.82. The summed E-state index contributed by atoms with van der Waals surface area (Å²) in [5.74, 6) is -0.912. The van der Waals surface area contributed by atoms with Gasteiger partial charge in [0.2, 0.25) is 0 Å². The van der Waals surface area contributed by atoms with Gasteiger partial charge in [0.15, 0.2) is 0 Å². The van der Waals surface area contributed by atoms with Crippen LogP contribution in [0.2, 0.25) is 0 Å². The van der Waals surface area contributed by atoms with Crippen molar-refractivity contribution < 1.29 is 15.0 Å². The van der Waals surface area contributed by atoms with Crippen LogP contribution in [0.3, 0.4) is 0 Å². The number of aliphatic carboxylic acids is 1. The Hall–Kier alpha value is -1.39. The zero-order chi connectivity index (χ0) is 13.7. The average molecular weight is 251 g/mol. The van der Waals surface area contributed by atoms with E-state index in [1.807, 2.05) is 38.1 Å². The minimum absolute atomic E-state index is 0.265. The molecule has 0 saturated carbocycles. The van der Waals surface area contributed by atoms with Crippen molar-refractivity contribution in [2.24, 2.45) is 0 Å². The van der Waals surface area contributed by atoms with Crippen LogP contribution in [0.1, 0.15) is 37.5 Å². The number of carboxylic acid groups (broad SMARTS) is 1. The second-order valence-electron chi connectivity index (χ2n) is 4.60. The molecule has 0 aromatic heterocycles. The summed E-state index contributed by atoms with van der Waals surface area (Å²) >= 11 is 0. The first-order valence-electron chi connectivity index (χ1n) is 6.19. The van der Waals surface area contributed by atoms with Crippen LogP contribution in [0, 0.1) is 6.92 Å². The molecular weight excluding hydrogens is 230 g/mol. The number of carbonyl (C=O) groups is 1. The second-order valence-corrected chi connectivity index (χ2v) is 4.60. The molecule has 0 amide bonds. The number of carboxylic acids is 1. The van der Waals surface area contributed by atoms with Gasteiger partial charge in [-0.15, -0.1) is 0 Å². The Labute approximate surface area is 108 Å². The lowest BCUT2D eigenvalue weighted by Crippen LogP contribution is -2.44. The Kier molecular flexibility index (Phi) is 5.31. The van der Waals surface area contributed by atoms with Gasteiger partial charge in [0.25, 0.3) is 0 Å². The summed E-state index contributed by atoms with van der Waals surface area (Å²) in [4.78, 5) is 10.8. The molecule has 0 aliphatic heterocycles. The molecule has 0 saturated heterocycles. The minimum atomic E-state index is -0.912. The van der Waals surface area contributed by atoms with E-state index in [-0.39, 0.29) is 6.04 Å². The molecule has 0 aliphatic carbocycles. The largest absolute Gasteiger partial charge is 0.480 e. The first-order valence-corrected chi connectivity index (χ1v) is 6.19. The molecule has 0 bridgehead atoms. The highest BCUT2D eigenvalue weighted by Crippen LogP contribution is 2.19. The molecule has 3 unspecified atom stereocenters. The number of aliphatic hydroxyl groups is 1. The predicted molar refractivity (Wildman–Crippen MR) is 70.5 cm³/mol. The van der Waals surface area contributed by atoms with Gasteiger partial charge < -0.3 is 10.2 Å². The molecule has 1 aromatic carbocycles. The van der Waals surface area contributed by atoms with Crippen LogP contribution in [0.4, 0.5) is 0 Å². The van der Waals surface area contributed by atoms with E-state index in [0.717, 1.165) is 11.1 Å². The Bertz CT molecular complexity index is 389. The van der Waals surface area contributed by atoms with Crippen LogP contribution < -0.4 is 5.32 Å². The molecule has 100 valence electrons. The van der Waals surface area contributed by atoms with Gasteiger partial charge in [0.05, 0.1) is 6.10 Å². The summed E-state index contributed by atoms with van der Waals surface area (Å²) in [5.41, 5.74) is 1.93. The maximum Gasteiger partial charge on any atom is 0.320 e. The molecule has 4 nitrogen and oxygen atoms in total. The highest BCUT2D eigenvalue weighted by Gasteiger charge is 2.23. The second kappa shape index (κ2) is 6.52. The fourth-order valence-electron chi connectivity index (χ4n) is 1.82. The molecule has 0 spiro atoms. The predicted octanol–water partition coefficient (Wildman–Crippen LogP) is 1.87. The smallest absolute Gasteiger partial charge is 0.320 e. The summed E-state index contributed by atoms with van der Waals surface area (Å²) in [7, 11) is 0. The summed E-state index contributed by atoms with van der Waals surface area (Å²) in [6, 6.07) is 6.68. The van der Waals surface area contributed by atoms with Crippen molar-refractivity contribution in [1.29, 1.82) is 0 Å².